The summed E-state index contributed by atoms with van der Waals surface area (Å²) in [5.41, 5.74) is 0.727. The molecule has 0 bridgehead atoms. The average Bonchev–Trinajstić information content (AvgIpc) is 2.77. The minimum atomic E-state index is 0.0905. The molecule has 1 aromatic rings. The Hall–Kier alpha value is -1.53. The SMILES string of the molecule is CN(C)C1CCCN(C(=O)c2ccccc2SCC(=O)N(C)C2CCCCC2)C1. The highest BCUT2D eigenvalue weighted by molar-refractivity contribution is 8.00. The molecule has 0 radical (unpaired) electrons. The van der Waals surface area contributed by atoms with Crippen molar-refractivity contribution in [2.45, 2.75) is 61.9 Å². The number of hydrogen-bond acceptors (Lipinski definition) is 4. The minimum absolute atomic E-state index is 0.0905. The van der Waals surface area contributed by atoms with Crippen LogP contribution >= 0.6 is 11.8 Å². The van der Waals surface area contributed by atoms with Gasteiger partial charge in [-0.25, -0.2) is 0 Å². The lowest BCUT2D eigenvalue weighted by Crippen LogP contribution is -2.47. The molecule has 29 heavy (non-hydrogen) atoms. The fourth-order valence-electron chi connectivity index (χ4n) is 4.41. The van der Waals surface area contributed by atoms with Gasteiger partial charge in [0, 0.05) is 37.1 Å². The lowest BCUT2D eigenvalue weighted by atomic mass is 9.94. The molecule has 1 aliphatic heterocycles. The predicted molar refractivity (Wildman–Crippen MR) is 119 cm³/mol. The van der Waals surface area contributed by atoms with Crippen molar-refractivity contribution in [2.75, 3.05) is 40.0 Å². The third-order valence-corrected chi connectivity index (χ3v) is 7.46. The molecular weight excluding hydrogens is 382 g/mol. The topological polar surface area (TPSA) is 43.9 Å². The number of rotatable bonds is 6. The van der Waals surface area contributed by atoms with E-state index in [0.29, 0.717) is 17.8 Å². The molecule has 2 amide bonds. The number of carbonyl (C=O) groups is 2. The maximum Gasteiger partial charge on any atom is 0.255 e. The van der Waals surface area contributed by atoms with E-state index in [2.05, 4.69) is 19.0 Å². The highest BCUT2D eigenvalue weighted by Gasteiger charge is 2.27. The summed E-state index contributed by atoms with van der Waals surface area (Å²) in [4.78, 5) is 33.0. The third kappa shape index (κ3) is 5.76. The Bertz CT molecular complexity index is 703. The standard InChI is InChI=1S/C23H35N3O2S/c1-24(2)19-12-9-15-26(16-19)23(28)20-13-7-8-14-21(20)29-17-22(27)25(3)18-10-5-4-6-11-18/h7-8,13-14,18-19H,4-6,9-12,15-17H2,1-3H3. The van der Waals surface area contributed by atoms with Crippen molar-refractivity contribution in [1.82, 2.24) is 14.7 Å². The van der Waals surface area contributed by atoms with Gasteiger partial charge in [-0.3, -0.25) is 9.59 Å². The largest absolute Gasteiger partial charge is 0.342 e. The molecule has 160 valence electrons. The van der Waals surface area contributed by atoms with Crippen LogP contribution in [0, 0.1) is 0 Å². The molecule has 0 spiro atoms. The Kier molecular flexibility index (Phi) is 8.01. The second kappa shape index (κ2) is 10.5. The maximum atomic E-state index is 13.2. The van der Waals surface area contributed by atoms with Gasteiger partial charge >= 0.3 is 0 Å². The van der Waals surface area contributed by atoms with Crippen molar-refractivity contribution in [3.8, 4) is 0 Å². The van der Waals surface area contributed by atoms with Gasteiger partial charge in [0.1, 0.15) is 0 Å². The number of likely N-dealkylation sites (tertiary alicyclic amines) is 1. The van der Waals surface area contributed by atoms with E-state index in [1.54, 1.807) is 0 Å². The first-order chi connectivity index (χ1) is 14.0. The summed E-state index contributed by atoms with van der Waals surface area (Å²) < 4.78 is 0. The molecule has 1 aliphatic carbocycles. The number of amides is 2. The lowest BCUT2D eigenvalue weighted by Gasteiger charge is -2.36. The van der Waals surface area contributed by atoms with Gasteiger partial charge in [0.2, 0.25) is 5.91 Å². The first kappa shape index (κ1) is 22.2. The normalized spacial score (nSPS) is 20.7. The smallest absolute Gasteiger partial charge is 0.255 e. The zero-order valence-corrected chi connectivity index (χ0v) is 18.9. The quantitative estimate of drug-likeness (QED) is 0.662. The van der Waals surface area contributed by atoms with Gasteiger partial charge in [-0.05, 0) is 51.9 Å². The van der Waals surface area contributed by atoms with Crippen LogP contribution < -0.4 is 0 Å². The van der Waals surface area contributed by atoms with E-state index in [0.717, 1.165) is 49.2 Å². The molecular formula is C23H35N3O2S. The van der Waals surface area contributed by atoms with Crippen LogP contribution in [0.4, 0.5) is 0 Å². The molecule has 1 heterocycles. The van der Waals surface area contributed by atoms with Gasteiger partial charge < -0.3 is 14.7 Å². The van der Waals surface area contributed by atoms with Gasteiger partial charge in [-0.2, -0.15) is 0 Å². The molecule has 6 heteroatoms. The van der Waals surface area contributed by atoms with E-state index < -0.39 is 0 Å². The second-order valence-corrected chi connectivity index (χ2v) is 9.61. The van der Waals surface area contributed by atoms with E-state index >= 15 is 0 Å². The minimum Gasteiger partial charge on any atom is -0.342 e. The van der Waals surface area contributed by atoms with Gasteiger partial charge in [-0.1, -0.05) is 31.4 Å². The second-order valence-electron chi connectivity index (χ2n) is 8.59. The predicted octanol–water partition coefficient (Wildman–Crippen LogP) is 3.74. The van der Waals surface area contributed by atoms with Crippen LogP contribution in [0.3, 0.4) is 0 Å². The van der Waals surface area contributed by atoms with Crippen molar-refractivity contribution in [3.63, 3.8) is 0 Å². The first-order valence-corrected chi connectivity index (χ1v) is 11.9. The van der Waals surface area contributed by atoms with Crippen LogP contribution in [0.5, 0.6) is 0 Å². The van der Waals surface area contributed by atoms with Crippen LogP contribution in [0.1, 0.15) is 55.3 Å². The van der Waals surface area contributed by atoms with Gasteiger partial charge in [-0.15, -0.1) is 11.8 Å². The van der Waals surface area contributed by atoms with E-state index in [9.17, 15) is 9.59 Å². The van der Waals surface area contributed by atoms with Crippen LogP contribution in [0.25, 0.3) is 0 Å². The molecule has 3 rings (SSSR count). The number of piperidine rings is 1. The Morgan fingerprint density at radius 2 is 1.69 bits per heavy atom. The Balaban J connectivity index is 1.62. The summed E-state index contributed by atoms with van der Waals surface area (Å²) in [6, 6.07) is 8.54. The number of likely N-dealkylation sites (N-methyl/N-ethyl adjacent to an activating group) is 1. The first-order valence-electron chi connectivity index (χ1n) is 10.9. The summed E-state index contributed by atoms with van der Waals surface area (Å²) in [7, 11) is 6.10. The monoisotopic (exact) mass is 417 g/mol. The maximum absolute atomic E-state index is 13.2. The molecule has 2 aliphatic rings. The summed E-state index contributed by atoms with van der Waals surface area (Å²) in [6.45, 7) is 1.58. The highest BCUT2D eigenvalue weighted by atomic mass is 32.2. The number of thioether (sulfide) groups is 1. The van der Waals surface area contributed by atoms with Crippen LogP contribution in [0.2, 0.25) is 0 Å². The Labute approximate surface area is 179 Å². The van der Waals surface area contributed by atoms with Crippen LogP contribution in [-0.4, -0.2) is 78.6 Å². The number of carbonyl (C=O) groups excluding carboxylic acids is 2. The average molecular weight is 418 g/mol. The third-order valence-electron chi connectivity index (χ3n) is 6.40. The summed E-state index contributed by atoms with van der Waals surface area (Å²) in [5, 5.41) is 0. The summed E-state index contributed by atoms with van der Waals surface area (Å²) in [6.07, 6.45) is 8.12. The highest BCUT2D eigenvalue weighted by Crippen LogP contribution is 2.27. The number of benzene rings is 1. The van der Waals surface area contributed by atoms with Crippen molar-refractivity contribution in [3.05, 3.63) is 29.8 Å². The zero-order chi connectivity index (χ0) is 20.8. The van der Waals surface area contributed by atoms with E-state index in [1.165, 1.54) is 31.0 Å². The van der Waals surface area contributed by atoms with E-state index in [1.807, 2.05) is 41.1 Å². The molecule has 0 aromatic heterocycles. The molecule has 5 nitrogen and oxygen atoms in total. The van der Waals surface area contributed by atoms with E-state index in [-0.39, 0.29) is 11.8 Å². The Morgan fingerprint density at radius 1 is 1.00 bits per heavy atom. The number of nitrogens with zero attached hydrogens (tertiary/aromatic N) is 3. The molecule has 1 saturated heterocycles. The molecule has 1 unspecified atom stereocenters. The molecule has 1 aromatic carbocycles. The van der Waals surface area contributed by atoms with Crippen molar-refractivity contribution < 1.29 is 9.59 Å². The molecule has 1 saturated carbocycles. The Morgan fingerprint density at radius 3 is 2.41 bits per heavy atom. The number of hydrogen-bond donors (Lipinski definition) is 0. The fourth-order valence-corrected chi connectivity index (χ4v) is 5.38. The lowest BCUT2D eigenvalue weighted by molar-refractivity contribution is -0.129. The van der Waals surface area contributed by atoms with Crippen molar-refractivity contribution >= 4 is 23.6 Å². The van der Waals surface area contributed by atoms with E-state index in [4.69, 9.17) is 0 Å². The summed E-state index contributed by atoms with van der Waals surface area (Å²) in [5.74, 6) is 0.639. The van der Waals surface area contributed by atoms with Crippen LogP contribution in [0.15, 0.2) is 29.2 Å². The molecule has 1 atom stereocenters. The zero-order valence-electron chi connectivity index (χ0n) is 18.1. The molecule has 0 N–H and O–H groups in total. The van der Waals surface area contributed by atoms with Crippen molar-refractivity contribution in [2.24, 2.45) is 0 Å². The van der Waals surface area contributed by atoms with Gasteiger partial charge in [0.25, 0.3) is 5.91 Å². The fraction of sp³-hybridized carbons (Fsp3) is 0.652. The van der Waals surface area contributed by atoms with Crippen LogP contribution in [-0.2, 0) is 4.79 Å². The van der Waals surface area contributed by atoms with Gasteiger partial charge in [0.15, 0.2) is 0 Å². The van der Waals surface area contributed by atoms with Crippen molar-refractivity contribution in [1.29, 1.82) is 0 Å². The summed E-state index contributed by atoms with van der Waals surface area (Å²) >= 11 is 1.50. The van der Waals surface area contributed by atoms with Gasteiger partial charge in [0.05, 0.1) is 11.3 Å². The molecule has 2 fully saturated rings.